The first-order chi connectivity index (χ1) is 26.0. The number of aliphatic imine (C=N–C) groups is 1. The number of imidazole rings is 1. The van der Waals surface area contributed by atoms with E-state index in [1.54, 1.807) is 16.0 Å². The number of amides is 4. The second kappa shape index (κ2) is 18.5. The van der Waals surface area contributed by atoms with Crippen molar-refractivity contribution in [3.63, 3.8) is 0 Å². The Balaban J connectivity index is 1.47. The Hall–Kier alpha value is -5.08. The molecule has 4 atom stereocenters. The molecule has 4 amide bonds. The van der Waals surface area contributed by atoms with Gasteiger partial charge in [0.1, 0.15) is 29.5 Å². The molecular weight excluding hydrogens is 704 g/mol. The molecule has 2 aliphatic heterocycles. The summed E-state index contributed by atoms with van der Waals surface area (Å²) in [6, 6.07) is 3.90. The molecule has 2 unspecified atom stereocenters. The number of alkyl carbamates (subject to hydrolysis) is 2. The first-order valence-corrected chi connectivity index (χ1v) is 19.2. The lowest BCUT2D eigenvalue weighted by atomic mass is 10.0. The molecule has 15 heteroatoms. The number of nitrogens with one attached hydrogen (secondary N) is 3. The lowest BCUT2D eigenvalue weighted by molar-refractivity contribution is -0.135. The van der Waals surface area contributed by atoms with Crippen molar-refractivity contribution in [2.24, 2.45) is 22.6 Å². The monoisotopic (exact) mass is 764 g/mol. The van der Waals surface area contributed by atoms with Gasteiger partial charge in [0.25, 0.3) is 0 Å². The van der Waals surface area contributed by atoms with Gasteiger partial charge in [-0.1, -0.05) is 34.6 Å². The molecule has 0 saturated carbocycles. The van der Waals surface area contributed by atoms with E-state index in [1.807, 2.05) is 66.7 Å². The first-order valence-electron chi connectivity index (χ1n) is 19.2. The smallest absolute Gasteiger partial charge is 0.407 e. The zero-order chi connectivity index (χ0) is 40.6. The highest BCUT2D eigenvalue weighted by Gasteiger charge is 2.39. The first kappa shape index (κ1) is 42.7. The Bertz CT molecular complexity index is 1750. The molecule has 1 aromatic carbocycles. The van der Waals surface area contributed by atoms with Gasteiger partial charge in [-0.3, -0.25) is 14.6 Å². The lowest BCUT2D eigenvalue weighted by Crippen LogP contribution is -2.54. The number of carbonyl (C=O) groups excluding carboxylic acids is 4. The number of methoxy groups -OCH3 is 2. The second-order valence-electron chi connectivity index (χ2n) is 15.5. The molecular formula is C40H60N8O7. The Labute approximate surface area is 324 Å². The van der Waals surface area contributed by atoms with E-state index in [1.165, 1.54) is 14.2 Å². The van der Waals surface area contributed by atoms with Crippen molar-refractivity contribution in [2.45, 2.75) is 117 Å². The third-order valence-corrected chi connectivity index (χ3v) is 10.1. The van der Waals surface area contributed by atoms with Gasteiger partial charge in [-0.2, -0.15) is 0 Å². The number of benzene rings is 1. The van der Waals surface area contributed by atoms with Crippen molar-refractivity contribution in [1.82, 2.24) is 30.4 Å². The Morgan fingerprint density at radius 3 is 2.15 bits per heavy atom. The molecule has 0 aliphatic carbocycles. The van der Waals surface area contributed by atoms with Gasteiger partial charge in [-0.25, -0.2) is 14.6 Å². The average molecular weight is 765 g/mol. The van der Waals surface area contributed by atoms with E-state index in [9.17, 15) is 19.2 Å². The summed E-state index contributed by atoms with van der Waals surface area (Å²) in [5, 5.41) is 5.35. The van der Waals surface area contributed by atoms with Crippen LogP contribution in [-0.2, 0) is 25.5 Å². The van der Waals surface area contributed by atoms with Gasteiger partial charge in [0, 0.05) is 18.7 Å². The molecule has 0 bridgehead atoms. The van der Waals surface area contributed by atoms with Gasteiger partial charge in [0.2, 0.25) is 11.8 Å². The highest BCUT2D eigenvalue weighted by Crippen LogP contribution is 2.34. The number of nitrogens with two attached hydrogens (primary N) is 1. The third kappa shape index (κ3) is 10.6. The lowest BCUT2D eigenvalue weighted by Gasteiger charge is -2.31. The number of allylic oxidation sites excluding steroid dienone is 1. The van der Waals surface area contributed by atoms with Crippen molar-refractivity contribution in [2.75, 3.05) is 27.3 Å². The molecule has 2 aliphatic rings. The number of nitrogens with zero attached hydrogens (tertiary/aromatic N) is 4. The van der Waals surface area contributed by atoms with Crippen LogP contribution in [0.15, 0.2) is 41.2 Å². The molecule has 1 aromatic heterocycles. The zero-order valence-corrected chi connectivity index (χ0v) is 34.0. The van der Waals surface area contributed by atoms with Crippen molar-refractivity contribution >= 4 is 29.8 Å². The van der Waals surface area contributed by atoms with Gasteiger partial charge in [-0.05, 0) is 94.5 Å². The van der Waals surface area contributed by atoms with Crippen LogP contribution in [0.4, 0.5) is 9.59 Å². The molecule has 0 radical (unpaired) electrons. The van der Waals surface area contributed by atoms with Gasteiger partial charge < -0.3 is 45.4 Å². The van der Waals surface area contributed by atoms with Crippen molar-refractivity contribution < 1.29 is 33.4 Å². The fourth-order valence-corrected chi connectivity index (χ4v) is 7.32. The van der Waals surface area contributed by atoms with Crippen molar-refractivity contribution in [3.05, 3.63) is 47.6 Å². The number of aromatic nitrogens is 2. The number of hydrogen-bond acceptors (Lipinski definition) is 9. The van der Waals surface area contributed by atoms with E-state index in [-0.39, 0.29) is 35.7 Å². The maximum absolute atomic E-state index is 13.6. The highest BCUT2D eigenvalue weighted by molar-refractivity contribution is 5.94. The zero-order valence-electron chi connectivity index (χ0n) is 34.0. The summed E-state index contributed by atoms with van der Waals surface area (Å²) in [6.45, 7) is 16.4. The van der Waals surface area contributed by atoms with Crippen LogP contribution in [0.1, 0.15) is 98.5 Å². The molecule has 0 spiro atoms. The number of hydrogen-bond donors (Lipinski definition) is 4. The summed E-state index contributed by atoms with van der Waals surface area (Å²) in [5.74, 6) is 1.76. The minimum Gasteiger partial charge on any atom is -0.462 e. The normalized spacial score (nSPS) is 19.1. The number of likely N-dealkylation sites (tertiary alicyclic amines) is 2. The molecule has 15 nitrogen and oxygen atoms in total. The summed E-state index contributed by atoms with van der Waals surface area (Å²) in [4.78, 5) is 67.5. The Kier molecular flexibility index (Phi) is 14.4. The third-order valence-electron chi connectivity index (χ3n) is 10.1. The maximum atomic E-state index is 13.6. The number of H-pyrrole nitrogens is 1. The molecule has 3 heterocycles. The fourth-order valence-electron chi connectivity index (χ4n) is 7.32. The van der Waals surface area contributed by atoms with E-state index < -0.39 is 29.8 Å². The SMILES string of the molecule is CCc1cc(-c2cnc(C3CCCN3C(=O)[C@@H](NC(=O)OC)C(C)C)[nH]2)ccc1O/C(C)=C/C(C)(C)N=C(N)C1CCCN1C(=O)[C@@H](NC(=O)OC)C(C)C. The summed E-state index contributed by atoms with van der Waals surface area (Å²) in [5.41, 5.74) is 8.59. The van der Waals surface area contributed by atoms with Crippen LogP contribution in [0.5, 0.6) is 5.75 Å². The van der Waals surface area contributed by atoms with E-state index in [4.69, 9.17) is 24.9 Å². The van der Waals surface area contributed by atoms with Gasteiger partial charge in [0.15, 0.2) is 0 Å². The van der Waals surface area contributed by atoms with E-state index >= 15 is 0 Å². The second-order valence-corrected chi connectivity index (χ2v) is 15.5. The van der Waals surface area contributed by atoms with Crippen LogP contribution in [-0.4, -0.2) is 101 Å². The molecule has 5 N–H and O–H groups in total. The van der Waals surface area contributed by atoms with Crippen LogP contribution in [0, 0.1) is 11.8 Å². The topological polar surface area (TPSA) is 194 Å². The quantitative estimate of drug-likeness (QED) is 0.110. The van der Waals surface area contributed by atoms with E-state index in [0.717, 1.165) is 36.1 Å². The summed E-state index contributed by atoms with van der Waals surface area (Å²) >= 11 is 0. The largest absolute Gasteiger partial charge is 0.462 e. The van der Waals surface area contributed by atoms with Crippen LogP contribution in [0.3, 0.4) is 0 Å². The number of aromatic amines is 1. The highest BCUT2D eigenvalue weighted by atomic mass is 16.5. The molecule has 2 aromatic rings. The predicted octanol–water partition coefficient (Wildman–Crippen LogP) is 5.47. The number of aryl methyl sites for hydroxylation is 1. The standard InChI is InChI=1S/C40H60N8O7/c1-11-26-20-27(28-22-42-35(43-28)30-15-13-19-48(30)37(50)33(24(4)5)45-39(52)54-10)16-17-31(26)55-25(6)21-40(7,8)46-34(41)29-14-12-18-47(29)36(49)32(23(2)3)44-38(51)53-9/h16-17,20-24,29-30,32-33H,11-15,18-19H2,1-10H3,(H2,41,46)(H,42,43)(H,44,51)(H,45,52)/b25-21+/t29?,30?,32-,33-/m0/s1. The number of ether oxygens (including phenoxy) is 3. The van der Waals surface area contributed by atoms with Crippen molar-refractivity contribution in [3.8, 4) is 17.0 Å². The van der Waals surface area contributed by atoms with Crippen molar-refractivity contribution in [1.29, 1.82) is 0 Å². The minimum atomic E-state index is -0.744. The maximum Gasteiger partial charge on any atom is 0.407 e. The fraction of sp³-hybridized carbons (Fsp3) is 0.600. The summed E-state index contributed by atoms with van der Waals surface area (Å²) in [6.07, 6.45) is 6.16. The summed E-state index contributed by atoms with van der Waals surface area (Å²) < 4.78 is 15.9. The van der Waals surface area contributed by atoms with Gasteiger partial charge in [-0.15, -0.1) is 0 Å². The van der Waals surface area contributed by atoms with Crippen LogP contribution in [0.25, 0.3) is 11.3 Å². The van der Waals surface area contributed by atoms with Crippen LogP contribution in [0.2, 0.25) is 0 Å². The Morgan fingerprint density at radius 2 is 1.56 bits per heavy atom. The van der Waals surface area contributed by atoms with Crippen LogP contribution < -0.4 is 21.1 Å². The molecule has 4 rings (SSSR count). The predicted molar refractivity (Wildman–Crippen MR) is 210 cm³/mol. The Morgan fingerprint density at radius 1 is 0.982 bits per heavy atom. The number of amidine groups is 1. The number of carbonyl (C=O) groups is 4. The molecule has 55 heavy (non-hydrogen) atoms. The average Bonchev–Trinajstić information content (AvgIpc) is 3.93. The number of rotatable bonds is 14. The molecule has 2 saturated heterocycles. The van der Waals surface area contributed by atoms with Crippen LogP contribution >= 0.6 is 0 Å². The molecule has 2 fully saturated rings. The summed E-state index contributed by atoms with van der Waals surface area (Å²) in [7, 11) is 2.55. The van der Waals surface area contributed by atoms with Gasteiger partial charge >= 0.3 is 12.2 Å². The van der Waals surface area contributed by atoms with E-state index in [0.29, 0.717) is 49.1 Å². The van der Waals surface area contributed by atoms with Gasteiger partial charge in [0.05, 0.1) is 49.5 Å². The molecule has 302 valence electrons. The minimum absolute atomic E-state index is 0.120. The van der Waals surface area contributed by atoms with E-state index in [2.05, 4.69) is 33.6 Å².